The number of anilines is 1. The van der Waals surface area contributed by atoms with Crippen LogP contribution in [0.25, 0.3) is 0 Å². The predicted molar refractivity (Wildman–Crippen MR) is 116 cm³/mol. The quantitative estimate of drug-likeness (QED) is 0.518. The second-order valence-corrected chi connectivity index (χ2v) is 8.64. The molecule has 2 atom stereocenters. The molecule has 1 fully saturated rings. The Labute approximate surface area is 193 Å². The molecule has 0 radical (unpaired) electrons. The number of alkyl halides is 3. The maximum absolute atomic E-state index is 14.5. The maximum atomic E-state index is 14.5. The minimum atomic E-state index is -4.37. The smallest absolute Gasteiger partial charge is 0.391 e. The topological polar surface area (TPSA) is 52.6 Å². The van der Waals surface area contributed by atoms with Gasteiger partial charge in [0.1, 0.15) is 5.83 Å². The Balaban J connectivity index is 1.62. The highest BCUT2D eigenvalue weighted by atomic mass is 35.5. The molecular weight excluding hydrogens is 471 g/mol. The van der Waals surface area contributed by atoms with Crippen LogP contribution in [0, 0.1) is 5.92 Å². The fourth-order valence-electron chi connectivity index (χ4n) is 3.58. The maximum Gasteiger partial charge on any atom is 0.393 e. The van der Waals surface area contributed by atoms with E-state index in [0.29, 0.717) is 18.5 Å². The van der Waals surface area contributed by atoms with Crippen molar-refractivity contribution in [2.45, 2.75) is 31.5 Å². The fourth-order valence-corrected chi connectivity index (χ4v) is 4.25. The number of rotatable bonds is 6. The van der Waals surface area contributed by atoms with Gasteiger partial charge < -0.3 is 15.3 Å². The van der Waals surface area contributed by atoms with Crippen molar-refractivity contribution in [1.29, 1.82) is 0 Å². The molecule has 0 saturated carbocycles. The summed E-state index contributed by atoms with van der Waals surface area (Å²) in [6.07, 6.45) is 0.514. The highest BCUT2D eigenvalue weighted by Crippen LogP contribution is 2.34. The van der Waals surface area contributed by atoms with Crippen molar-refractivity contribution in [2.75, 3.05) is 25.0 Å². The Hall–Kier alpha value is -2.03. The number of carbonyl (C=O) groups is 1. The van der Waals surface area contributed by atoms with Gasteiger partial charge in [-0.2, -0.15) is 13.2 Å². The summed E-state index contributed by atoms with van der Waals surface area (Å²) in [5.41, 5.74) is 0.898. The van der Waals surface area contributed by atoms with Crippen molar-refractivity contribution >= 4 is 34.8 Å². The average molecular weight is 493 g/mol. The number of aliphatic hydroxyl groups is 1. The molecule has 1 amide bonds. The highest BCUT2D eigenvalue weighted by molar-refractivity contribution is 6.39. The van der Waals surface area contributed by atoms with Crippen LogP contribution in [0.1, 0.15) is 18.4 Å². The second kappa shape index (κ2) is 10.3. The average Bonchev–Trinajstić information content (AvgIpc) is 3.04. The number of nitrogens with one attached hydrogen (secondary N) is 1. The van der Waals surface area contributed by atoms with Crippen LogP contribution >= 0.6 is 23.2 Å². The standard InChI is InChI=1S/C22H22Cl2F4N2O2/c23-17-7-14(10-22(26,27)28)8-18(24)21(17)29-11-13-1-3-15(19(25)4-2-13)9-20(32)30-6-5-16(31)12-30/h1-4,7-8,15-16,29,31H,5-6,9-12H2. The van der Waals surface area contributed by atoms with Crippen LogP contribution in [0.2, 0.25) is 10.0 Å². The lowest BCUT2D eigenvalue weighted by molar-refractivity contribution is -0.131. The zero-order valence-electron chi connectivity index (χ0n) is 16.9. The molecule has 1 heterocycles. The van der Waals surface area contributed by atoms with Crippen molar-refractivity contribution < 1.29 is 27.5 Å². The summed E-state index contributed by atoms with van der Waals surface area (Å²) in [5, 5.41) is 12.6. The first-order chi connectivity index (χ1) is 15.0. The molecule has 1 aliphatic carbocycles. The molecule has 2 N–H and O–H groups in total. The molecule has 1 aromatic rings. The van der Waals surface area contributed by atoms with Gasteiger partial charge in [-0.15, -0.1) is 0 Å². The van der Waals surface area contributed by atoms with Crippen LogP contribution < -0.4 is 5.32 Å². The summed E-state index contributed by atoms with van der Waals surface area (Å²) < 4.78 is 52.2. The van der Waals surface area contributed by atoms with E-state index in [1.165, 1.54) is 23.1 Å². The number of hydrogen-bond donors (Lipinski definition) is 2. The summed E-state index contributed by atoms with van der Waals surface area (Å²) in [4.78, 5) is 13.9. The lowest BCUT2D eigenvalue weighted by Crippen LogP contribution is -2.30. The molecule has 3 rings (SSSR count). The van der Waals surface area contributed by atoms with Gasteiger partial charge in [0.2, 0.25) is 5.91 Å². The number of carbonyl (C=O) groups excluding carboxylic acids is 1. The third-order valence-electron chi connectivity index (χ3n) is 5.24. The number of β-amino-alcohol motifs (C(OH)–C–C–N with tert-alkyl or cyclic N) is 1. The first-order valence-electron chi connectivity index (χ1n) is 10.0. The molecule has 10 heteroatoms. The zero-order chi connectivity index (χ0) is 23.5. The van der Waals surface area contributed by atoms with Crippen LogP contribution in [0.3, 0.4) is 0 Å². The van der Waals surface area contributed by atoms with Crippen molar-refractivity contribution in [1.82, 2.24) is 4.90 Å². The molecule has 0 aromatic heterocycles. The van der Waals surface area contributed by atoms with Crippen LogP contribution in [0.5, 0.6) is 0 Å². The van der Waals surface area contributed by atoms with Gasteiger partial charge in [-0.1, -0.05) is 41.4 Å². The van der Waals surface area contributed by atoms with Gasteiger partial charge >= 0.3 is 6.18 Å². The van der Waals surface area contributed by atoms with Gasteiger partial charge in [-0.05, 0) is 35.8 Å². The summed E-state index contributed by atoms with van der Waals surface area (Å²) in [6, 6.07) is 2.41. The molecule has 2 unspecified atom stereocenters. The Bertz CT molecular complexity index is 937. The summed E-state index contributed by atoms with van der Waals surface area (Å²) in [7, 11) is 0. The molecule has 1 aromatic carbocycles. The lowest BCUT2D eigenvalue weighted by Gasteiger charge is -2.18. The van der Waals surface area contributed by atoms with Crippen molar-refractivity contribution in [3.8, 4) is 0 Å². The minimum absolute atomic E-state index is 0.0432. The van der Waals surface area contributed by atoms with Gasteiger partial charge in [-0.3, -0.25) is 4.79 Å². The Morgan fingerprint density at radius 1 is 1.22 bits per heavy atom. The fraction of sp³-hybridized carbons (Fsp3) is 0.409. The molecule has 0 bridgehead atoms. The Kier molecular flexibility index (Phi) is 7.90. The number of amides is 1. The van der Waals surface area contributed by atoms with Gasteiger partial charge in [0.05, 0.1) is 28.3 Å². The second-order valence-electron chi connectivity index (χ2n) is 7.83. The van der Waals surface area contributed by atoms with E-state index < -0.39 is 30.4 Å². The van der Waals surface area contributed by atoms with Crippen LogP contribution in [0.4, 0.5) is 23.2 Å². The van der Waals surface area contributed by atoms with E-state index >= 15 is 0 Å². The predicted octanol–water partition coefficient (Wildman–Crippen LogP) is 5.46. The number of nitrogens with zero attached hydrogens (tertiary/aromatic N) is 1. The number of halogens is 6. The third kappa shape index (κ3) is 6.73. The summed E-state index contributed by atoms with van der Waals surface area (Å²) >= 11 is 12.2. The Morgan fingerprint density at radius 3 is 2.50 bits per heavy atom. The molecule has 2 aliphatic rings. The molecule has 174 valence electrons. The van der Waals surface area contributed by atoms with Gasteiger partial charge in [0.25, 0.3) is 0 Å². The van der Waals surface area contributed by atoms with E-state index in [1.54, 1.807) is 18.2 Å². The number of likely N-dealkylation sites (tertiary alicyclic amines) is 1. The lowest BCUT2D eigenvalue weighted by atomic mass is 10.0. The monoisotopic (exact) mass is 492 g/mol. The zero-order valence-corrected chi connectivity index (χ0v) is 18.4. The highest BCUT2D eigenvalue weighted by Gasteiger charge is 2.29. The van der Waals surface area contributed by atoms with E-state index in [-0.39, 0.29) is 46.7 Å². The molecule has 1 aliphatic heterocycles. The largest absolute Gasteiger partial charge is 0.393 e. The first kappa shape index (κ1) is 24.6. The molecule has 4 nitrogen and oxygen atoms in total. The van der Waals surface area contributed by atoms with Crippen molar-refractivity contribution in [2.24, 2.45) is 5.92 Å². The van der Waals surface area contributed by atoms with E-state index in [9.17, 15) is 27.5 Å². The number of benzene rings is 1. The van der Waals surface area contributed by atoms with Crippen LogP contribution in [-0.4, -0.2) is 47.8 Å². The SMILES string of the molecule is O=C(CC1C=CC(CNc2c(Cl)cc(CC(F)(F)F)cc2Cl)=CC=C1F)N1CCC(O)C1. The van der Waals surface area contributed by atoms with E-state index in [2.05, 4.69) is 5.32 Å². The molecule has 0 spiro atoms. The normalized spacial score (nSPS) is 21.3. The van der Waals surface area contributed by atoms with E-state index in [0.717, 1.165) is 0 Å². The summed E-state index contributed by atoms with van der Waals surface area (Å²) in [6.45, 7) is 0.910. The molecule has 32 heavy (non-hydrogen) atoms. The minimum Gasteiger partial charge on any atom is -0.391 e. The number of allylic oxidation sites excluding steroid dienone is 4. The van der Waals surface area contributed by atoms with Gasteiger partial charge in [-0.25, -0.2) is 4.39 Å². The van der Waals surface area contributed by atoms with Crippen LogP contribution in [-0.2, 0) is 11.2 Å². The van der Waals surface area contributed by atoms with Crippen LogP contribution in [0.15, 0.2) is 47.8 Å². The summed E-state index contributed by atoms with van der Waals surface area (Å²) in [5.74, 6) is -1.40. The number of hydrogen-bond acceptors (Lipinski definition) is 3. The molecular formula is C22H22Cl2F4N2O2. The Morgan fingerprint density at radius 2 is 1.91 bits per heavy atom. The van der Waals surface area contributed by atoms with Crippen molar-refractivity contribution in [3.63, 3.8) is 0 Å². The van der Waals surface area contributed by atoms with E-state index in [4.69, 9.17) is 23.2 Å². The first-order valence-corrected chi connectivity index (χ1v) is 10.8. The van der Waals surface area contributed by atoms with Gasteiger partial charge in [0, 0.05) is 32.0 Å². The number of aliphatic hydroxyl groups excluding tert-OH is 1. The van der Waals surface area contributed by atoms with Gasteiger partial charge in [0.15, 0.2) is 0 Å². The molecule has 1 saturated heterocycles. The third-order valence-corrected chi connectivity index (χ3v) is 5.84. The van der Waals surface area contributed by atoms with E-state index in [1.807, 2.05) is 0 Å². The van der Waals surface area contributed by atoms with Crippen molar-refractivity contribution in [3.05, 3.63) is 63.4 Å².